The molecule has 0 aliphatic rings. The lowest BCUT2D eigenvalue weighted by atomic mass is 10.2. The summed E-state index contributed by atoms with van der Waals surface area (Å²) >= 11 is 12.0. The second-order valence-corrected chi connectivity index (χ2v) is 6.13. The lowest BCUT2D eigenvalue weighted by molar-refractivity contribution is 0.0944. The quantitative estimate of drug-likeness (QED) is 0.843. The fraction of sp³-hybridized carbons (Fsp3) is 0.250. The molecule has 0 bridgehead atoms. The van der Waals surface area contributed by atoms with Gasteiger partial charge in [-0.1, -0.05) is 37.0 Å². The molecule has 2 rings (SSSR count). The van der Waals surface area contributed by atoms with Crippen molar-refractivity contribution < 1.29 is 4.79 Å². The molecule has 22 heavy (non-hydrogen) atoms. The molecule has 6 heteroatoms. The maximum atomic E-state index is 11.9. The van der Waals surface area contributed by atoms with Gasteiger partial charge in [0.2, 0.25) is 0 Å². The smallest absolute Gasteiger partial charge is 0.269 e. The van der Waals surface area contributed by atoms with Gasteiger partial charge < -0.3 is 10.6 Å². The largest absolute Gasteiger partial charge is 0.353 e. The van der Waals surface area contributed by atoms with Crippen LogP contribution in [0.2, 0.25) is 10.0 Å². The Hall–Kier alpha value is -1.78. The summed E-state index contributed by atoms with van der Waals surface area (Å²) in [5, 5.41) is 7.05. The molecule has 0 radical (unpaired) electrons. The maximum Gasteiger partial charge on any atom is 0.269 e. The zero-order chi connectivity index (χ0) is 16.1. The number of rotatable bonds is 5. The van der Waals surface area contributed by atoms with Crippen LogP contribution in [-0.2, 0) is 0 Å². The minimum absolute atomic E-state index is 0.176. The molecule has 116 valence electrons. The molecular formula is C16H17Cl2N3O. The lowest BCUT2D eigenvalue weighted by Crippen LogP contribution is -2.27. The monoisotopic (exact) mass is 337 g/mol. The van der Waals surface area contributed by atoms with E-state index in [9.17, 15) is 4.79 Å². The Morgan fingerprint density at radius 1 is 1.23 bits per heavy atom. The average molecular weight is 338 g/mol. The zero-order valence-electron chi connectivity index (χ0n) is 12.4. The van der Waals surface area contributed by atoms with Gasteiger partial charge in [0.15, 0.2) is 0 Å². The van der Waals surface area contributed by atoms with E-state index in [-0.39, 0.29) is 5.91 Å². The highest BCUT2D eigenvalue weighted by Gasteiger charge is 2.08. The summed E-state index contributed by atoms with van der Waals surface area (Å²) in [5.74, 6) is 0.224. The van der Waals surface area contributed by atoms with E-state index in [1.54, 1.807) is 36.5 Å². The Morgan fingerprint density at radius 2 is 2.00 bits per heavy atom. The molecule has 0 unspecified atom stereocenters. The third-order valence-corrected chi connectivity index (χ3v) is 3.42. The summed E-state index contributed by atoms with van der Waals surface area (Å²) in [7, 11) is 0. The van der Waals surface area contributed by atoms with Gasteiger partial charge in [0, 0.05) is 11.6 Å². The normalized spacial score (nSPS) is 10.6. The lowest BCUT2D eigenvalue weighted by Gasteiger charge is -2.10. The molecule has 1 aromatic carbocycles. The number of hydrogen-bond donors (Lipinski definition) is 2. The molecule has 1 aromatic heterocycles. The second-order valence-electron chi connectivity index (χ2n) is 5.29. The number of nitrogens with zero attached hydrogens (tertiary/aromatic N) is 1. The summed E-state index contributed by atoms with van der Waals surface area (Å²) in [5.41, 5.74) is 1.85. The Bertz CT molecular complexity index is 657. The number of pyridine rings is 1. The van der Waals surface area contributed by atoms with E-state index in [4.69, 9.17) is 23.2 Å². The van der Waals surface area contributed by atoms with Crippen molar-refractivity contribution in [2.45, 2.75) is 13.8 Å². The van der Waals surface area contributed by atoms with Crippen molar-refractivity contribution in [3.63, 3.8) is 0 Å². The van der Waals surface area contributed by atoms with Crippen molar-refractivity contribution in [2.24, 2.45) is 5.92 Å². The Kier molecular flexibility index (Phi) is 5.63. The summed E-state index contributed by atoms with van der Waals surface area (Å²) in [4.78, 5) is 16.0. The van der Waals surface area contributed by atoms with Gasteiger partial charge >= 0.3 is 0 Å². The molecule has 2 N–H and O–H groups in total. The van der Waals surface area contributed by atoms with Crippen LogP contribution in [0, 0.1) is 5.92 Å². The van der Waals surface area contributed by atoms with E-state index in [2.05, 4.69) is 15.6 Å². The summed E-state index contributed by atoms with van der Waals surface area (Å²) in [6.45, 7) is 4.70. The van der Waals surface area contributed by atoms with Crippen LogP contribution in [0.5, 0.6) is 0 Å². The number of benzene rings is 1. The predicted molar refractivity (Wildman–Crippen MR) is 91.2 cm³/mol. The standard InChI is InChI=1S/C16H17Cl2N3O/c1-10(2)8-20-16(22)15-6-4-12(9-19-15)21-14-5-3-11(17)7-13(14)18/h3-7,9-10,21H,8H2,1-2H3,(H,20,22). The molecule has 0 fully saturated rings. The number of carbonyl (C=O) groups excluding carboxylic acids is 1. The molecule has 0 atom stereocenters. The molecule has 0 saturated heterocycles. The first-order chi connectivity index (χ1) is 10.5. The number of aromatic nitrogens is 1. The molecule has 1 heterocycles. The van der Waals surface area contributed by atoms with Crippen LogP contribution in [0.25, 0.3) is 0 Å². The van der Waals surface area contributed by atoms with Crippen LogP contribution >= 0.6 is 23.2 Å². The fourth-order valence-electron chi connectivity index (χ4n) is 1.74. The molecule has 2 aromatic rings. The van der Waals surface area contributed by atoms with Gasteiger partial charge in [-0.15, -0.1) is 0 Å². The number of nitrogens with one attached hydrogen (secondary N) is 2. The van der Waals surface area contributed by atoms with Gasteiger partial charge in [0.25, 0.3) is 5.91 Å². The minimum atomic E-state index is -0.176. The summed E-state index contributed by atoms with van der Waals surface area (Å²) in [6, 6.07) is 8.64. The van der Waals surface area contributed by atoms with Gasteiger partial charge in [0.1, 0.15) is 5.69 Å². The third kappa shape index (κ3) is 4.61. The minimum Gasteiger partial charge on any atom is -0.353 e. The van der Waals surface area contributed by atoms with Gasteiger partial charge in [-0.2, -0.15) is 0 Å². The van der Waals surface area contributed by atoms with E-state index in [0.717, 1.165) is 11.4 Å². The number of carbonyl (C=O) groups is 1. The molecule has 4 nitrogen and oxygen atoms in total. The second kappa shape index (κ2) is 7.47. The van der Waals surface area contributed by atoms with Crippen LogP contribution < -0.4 is 10.6 Å². The van der Waals surface area contributed by atoms with E-state index in [1.807, 2.05) is 13.8 Å². The van der Waals surface area contributed by atoms with E-state index in [1.165, 1.54) is 0 Å². The summed E-state index contributed by atoms with van der Waals surface area (Å²) < 4.78 is 0. The third-order valence-electron chi connectivity index (χ3n) is 2.88. The molecule has 0 aliphatic heterocycles. The first-order valence-electron chi connectivity index (χ1n) is 6.92. The summed E-state index contributed by atoms with van der Waals surface area (Å²) in [6.07, 6.45) is 1.59. The van der Waals surface area contributed by atoms with Crippen molar-refractivity contribution in [1.82, 2.24) is 10.3 Å². The highest BCUT2D eigenvalue weighted by atomic mass is 35.5. The van der Waals surface area contributed by atoms with Gasteiger partial charge in [-0.25, -0.2) is 4.98 Å². The highest BCUT2D eigenvalue weighted by molar-refractivity contribution is 6.36. The van der Waals surface area contributed by atoms with E-state index in [0.29, 0.717) is 28.2 Å². The topological polar surface area (TPSA) is 54.0 Å². The first kappa shape index (κ1) is 16.6. The SMILES string of the molecule is CC(C)CNC(=O)c1ccc(Nc2ccc(Cl)cc2Cl)cn1. The number of anilines is 2. The number of amides is 1. The number of halogens is 2. The molecule has 1 amide bonds. The Labute approximate surface area is 139 Å². The van der Waals surface area contributed by atoms with Crippen molar-refractivity contribution >= 4 is 40.5 Å². The van der Waals surface area contributed by atoms with Crippen LogP contribution in [0.1, 0.15) is 24.3 Å². The maximum absolute atomic E-state index is 11.9. The van der Waals surface area contributed by atoms with Gasteiger partial charge in [0.05, 0.1) is 22.6 Å². The van der Waals surface area contributed by atoms with Crippen molar-refractivity contribution in [2.75, 3.05) is 11.9 Å². The average Bonchev–Trinajstić information content (AvgIpc) is 2.48. The fourth-order valence-corrected chi connectivity index (χ4v) is 2.19. The van der Waals surface area contributed by atoms with E-state index < -0.39 is 0 Å². The molecule has 0 saturated carbocycles. The Balaban J connectivity index is 2.04. The van der Waals surface area contributed by atoms with Crippen LogP contribution in [-0.4, -0.2) is 17.4 Å². The van der Waals surface area contributed by atoms with Crippen LogP contribution in [0.4, 0.5) is 11.4 Å². The molecule has 0 spiro atoms. The van der Waals surface area contributed by atoms with Gasteiger partial charge in [-0.05, 0) is 36.2 Å². The first-order valence-corrected chi connectivity index (χ1v) is 7.67. The van der Waals surface area contributed by atoms with E-state index >= 15 is 0 Å². The molecular weight excluding hydrogens is 321 g/mol. The van der Waals surface area contributed by atoms with Crippen LogP contribution in [0.15, 0.2) is 36.5 Å². The van der Waals surface area contributed by atoms with Crippen LogP contribution in [0.3, 0.4) is 0 Å². The number of hydrogen-bond acceptors (Lipinski definition) is 3. The highest BCUT2D eigenvalue weighted by Crippen LogP contribution is 2.27. The van der Waals surface area contributed by atoms with Crippen molar-refractivity contribution in [1.29, 1.82) is 0 Å². The van der Waals surface area contributed by atoms with Gasteiger partial charge in [-0.3, -0.25) is 4.79 Å². The molecule has 0 aliphatic carbocycles. The Morgan fingerprint density at radius 3 is 2.59 bits per heavy atom. The predicted octanol–water partition coefficient (Wildman–Crippen LogP) is 4.52. The zero-order valence-corrected chi connectivity index (χ0v) is 13.9. The van der Waals surface area contributed by atoms with Crippen molar-refractivity contribution in [3.05, 3.63) is 52.3 Å². The van der Waals surface area contributed by atoms with Crippen molar-refractivity contribution in [3.8, 4) is 0 Å².